The summed E-state index contributed by atoms with van der Waals surface area (Å²) < 4.78 is 40.8. The predicted molar refractivity (Wildman–Crippen MR) is 110 cm³/mol. The second kappa shape index (κ2) is 7.74. The molecule has 156 valence electrons. The Bertz CT molecular complexity index is 1250. The van der Waals surface area contributed by atoms with Gasteiger partial charge in [-0.15, -0.1) is 11.3 Å². The van der Waals surface area contributed by atoms with Crippen LogP contribution in [0, 0.1) is 15.9 Å². The summed E-state index contributed by atoms with van der Waals surface area (Å²) in [7, 11) is -3.84. The van der Waals surface area contributed by atoms with Crippen molar-refractivity contribution in [1.82, 2.24) is 9.21 Å². The highest BCUT2D eigenvalue weighted by Gasteiger charge is 2.31. The Morgan fingerprint density at radius 3 is 2.47 bits per heavy atom. The lowest BCUT2D eigenvalue weighted by Crippen LogP contribution is -2.50. The number of piperazine rings is 1. The summed E-state index contributed by atoms with van der Waals surface area (Å²) in [5, 5.41) is 11.5. The molecule has 4 rings (SSSR count). The van der Waals surface area contributed by atoms with Crippen LogP contribution in [0.1, 0.15) is 9.67 Å². The number of rotatable bonds is 4. The van der Waals surface area contributed by atoms with E-state index in [1.54, 1.807) is 17.0 Å². The standard InChI is InChI=1S/C19H16FN3O5S2/c20-14-2-1-3-16(12-14)30(27,28)22-8-6-21(7-9-22)19(24)18-11-13-10-15(23(25)26)4-5-17(13)29-18/h1-5,10-12H,6-9H2. The summed E-state index contributed by atoms with van der Waals surface area (Å²) in [4.78, 5) is 25.2. The fourth-order valence-corrected chi connectivity index (χ4v) is 5.78. The molecule has 1 aliphatic heterocycles. The van der Waals surface area contributed by atoms with Crippen molar-refractivity contribution < 1.29 is 22.5 Å². The van der Waals surface area contributed by atoms with E-state index in [2.05, 4.69) is 0 Å². The number of nitro benzene ring substituents is 1. The third kappa shape index (κ3) is 3.78. The minimum absolute atomic E-state index is 0.0459. The number of carbonyl (C=O) groups excluding carboxylic acids is 1. The number of hydrogen-bond donors (Lipinski definition) is 0. The lowest BCUT2D eigenvalue weighted by atomic mass is 10.2. The van der Waals surface area contributed by atoms with Crippen molar-refractivity contribution >= 4 is 43.0 Å². The van der Waals surface area contributed by atoms with Crippen LogP contribution in [-0.4, -0.2) is 54.6 Å². The van der Waals surface area contributed by atoms with Gasteiger partial charge in [0.1, 0.15) is 5.82 Å². The van der Waals surface area contributed by atoms with E-state index in [0.29, 0.717) is 10.3 Å². The summed E-state index contributed by atoms with van der Waals surface area (Å²) in [6.07, 6.45) is 0. The normalized spacial score (nSPS) is 15.4. The van der Waals surface area contributed by atoms with Crippen molar-refractivity contribution in [3.8, 4) is 0 Å². The molecule has 0 bridgehead atoms. The molecule has 2 heterocycles. The number of fused-ring (bicyclic) bond motifs is 1. The quantitative estimate of drug-likeness (QED) is 0.450. The van der Waals surface area contributed by atoms with Crippen molar-refractivity contribution in [1.29, 1.82) is 0 Å². The van der Waals surface area contributed by atoms with E-state index in [1.807, 2.05) is 0 Å². The highest BCUT2D eigenvalue weighted by molar-refractivity contribution is 7.89. The van der Waals surface area contributed by atoms with Gasteiger partial charge in [0, 0.05) is 48.4 Å². The van der Waals surface area contributed by atoms with Crippen molar-refractivity contribution in [2.24, 2.45) is 0 Å². The Kier molecular flexibility index (Phi) is 5.26. The molecule has 30 heavy (non-hydrogen) atoms. The summed E-state index contributed by atoms with van der Waals surface area (Å²) in [6.45, 7) is 0.589. The van der Waals surface area contributed by atoms with Crippen LogP contribution in [0.5, 0.6) is 0 Å². The fourth-order valence-electron chi connectivity index (χ4n) is 3.31. The summed E-state index contributed by atoms with van der Waals surface area (Å²) in [6, 6.07) is 10.9. The van der Waals surface area contributed by atoms with Gasteiger partial charge in [-0.2, -0.15) is 4.31 Å². The van der Waals surface area contributed by atoms with Gasteiger partial charge in [0.05, 0.1) is 14.7 Å². The molecular formula is C19H16FN3O5S2. The minimum Gasteiger partial charge on any atom is -0.335 e. The molecule has 0 aliphatic carbocycles. The zero-order valence-electron chi connectivity index (χ0n) is 15.5. The van der Waals surface area contributed by atoms with E-state index in [9.17, 15) is 27.7 Å². The highest BCUT2D eigenvalue weighted by atomic mass is 32.2. The second-order valence-electron chi connectivity index (χ2n) is 6.74. The number of hydrogen-bond acceptors (Lipinski definition) is 6. The van der Waals surface area contributed by atoms with Crippen LogP contribution in [0.25, 0.3) is 10.1 Å². The molecular weight excluding hydrogens is 433 g/mol. The van der Waals surface area contributed by atoms with Crippen LogP contribution in [0.3, 0.4) is 0 Å². The third-order valence-corrected chi connectivity index (χ3v) is 7.88. The molecule has 0 unspecified atom stereocenters. The number of nitro groups is 1. The molecule has 0 radical (unpaired) electrons. The number of non-ortho nitro benzene ring substituents is 1. The fraction of sp³-hybridized carbons (Fsp3) is 0.211. The van der Waals surface area contributed by atoms with Crippen LogP contribution in [0.2, 0.25) is 0 Å². The van der Waals surface area contributed by atoms with Gasteiger partial charge in [0.2, 0.25) is 10.0 Å². The zero-order chi connectivity index (χ0) is 21.5. The lowest BCUT2D eigenvalue weighted by Gasteiger charge is -2.33. The van der Waals surface area contributed by atoms with E-state index in [0.717, 1.165) is 10.8 Å². The van der Waals surface area contributed by atoms with Gasteiger partial charge < -0.3 is 4.90 Å². The smallest absolute Gasteiger partial charge is 0.270 e. The summed E-state index contributed by atoms with van der Waals surface area (Å²) in [5.41, 5.74) is -0.0459. The summed E-state index contributed by atoms with van der Waals surface area (Å²) in [5.74, 6) is -0.878. The molecule has 0 N–H and O–H groups in total. The molecule has 1 saturated heterocycles. The lowest BCUT2D eigenvalue weighted by molar-refractivity contribution is -0.384. The van der Waals surface area contributed by atoms with Crippen LogP contribution in [0.15, 0.2) is 53.4 Å². The average molecular weight is 449 g/mol. The molecule has 0 atom stereocenters. The van der Waals surface area contributed by atoms with E-state index < -0.39 is 20.8 Å². The maximum Gasteiger partial charge on any atom is 0.270 e. The maximum atomic E-state index is 13.4. The van der Waals surface area contributed by atoms with Gasteiger partial charge >= 0.3 is 0 Å². The molecule has 1 aliphatic rings. The van der Waals surface area contributed by atoms with Gasteiger partial charge in [0.25, 0.3) is 11.6 Å². The van der Waals surface area contributed by atoms with Crippen LogP contribution in [-0.2, 0) is 10.0 Å². The van der Waals surface area contributed by atoms with Gasteiger partial charge in [-0.05, 0) is 30.3 Å². The molecule has 11 heteroatoms. The van der Waals surface area contributed by atoms with Gasteiger partial charge in [0.15, 0.2) is 0 Å². The Morgan fingerprint density at radius 2 is 1.80 bits per heavy atom. The monoisotopic (exact) mass is 449 g/mol. The first-order valence-electron chi connectivity index (χ1n) is 8.99. The second-order valence-corrected chi connectivity index (χ2v) is 9.77. The topological polar surface area (TPSA) is 101 Å². The summed E-state index contributed by atoms with van der Waals surface area (Å²) >= 11 is 1.24. The number of benzene rings is 2. The van der Waals surface area contributed by atoms with Gasteiger partial charge in [-0.3, -0.25) is 14.9 Å². The van der Waals surface area contributed by atoms with E-state index in [1.165, 1.54) is 46.0 Å². The minimum atomic E-state index is -3.84. The molecule has 8 nitrogen and oxygen atoms in total. The van der Waals surface area contributed by atoms with Gasteiger partial charge in [-0.1, -0.05) is 6.07 Å². The van der Waals surface area contributed by atoms with Crippen molar-refractivity contribution in [2.75, 3.05) is 26.2 Å². The Labute approximate surface area is 175 Å². The highest BCUT2D eigenvalue weighted by Crippen LogP contribution is 2.30. The zero-order valence-corrected chi connectivity index (χ0v) is 17.2. The average Bonchev–Trinajstić information content (AvgIpc) is 3.16. The van der Waals surface area contributed by atoms with E-state index in [-0.39, 0.29) is 42.7 Å². The van der Waals surface area contributed by atoms with Crippen molar-refractivity contribution in [3.05, 3.63) is 69.3 Å². The molecule has 1 fully saturated rings. The number of thiophene rings is 1. The molecule has 0 saturated carbocycles. The van der Waals surface area contributed by atoms with Gasteiger partial charge in [-0.25, -0.2) is 12.8 Å². The first-order chi connectivity index (χ1) is 14.3. The number of amides is 1. The predicted octanol–water partition coefficient (Wildman–Crippen LogP) is 3.10. The number of carbonyl (C=O) groups is 1. The largest absolute Gasteiger partial charge is 0.335 e. The first-order valence-corrected chi connectivity index (χ1v) is 11.2. The van der Waals surface area contributed by atoms with E-state index in [4.69, 9.17) is 0 Å². The van der Waals surface area contributed by atoms with Crippen molar-refractivity contribution in [2.45, 2.75) is 4.90 Å². The first kappa shape index (κ1) is 20.4. The maximum absolute atomic E-state index is 13.4. The molecule has 1 amide bonds. The number of halogens is 1. The van der Waals surface area contributed by atoms with Crippen molar-refractivity contribution in [3.63, 3.8) is 0 Å². The molecule has 0 spiro atoms. The number of nitrogens with zero attached hydrogens (tertiary/aromatic N) is 3. The molecule has 2 aromatic carbocycles. The Morgan fingerprint density at radius 1 is 1.07 bits per heavy atom. The SMILES string of the molecule is O=C(c1cc2cc([N+](=O)[O-])ccc2s1)N1CCN(S(=O)(=O)c2cccc(F)c2)CC1. The Balaban J connectivity index is 1.48. The van der Waals surface area contributed by atoms with E-state index >= 15 is 0 Å². The number of sulfonamides is 1. The molecule has 1 aromatic heterocycles. The van der Waals surface area contributed by atoms with Crippen LogP contribution < -0.4 is 0 Å². The third-order valence-electron chi connectivity index (χ3n) is 4.88. The Hall–Kier alpha value is -2.89. The molecule has 3 aromatic rings. The van der Waals surface area contributed by atoms with Crippen LogP contribution >= 0.6 is 11.3 Å². The van der Waals surface area contributed by atoms with Crippen LogP contribution in [0.4, 0.5) is 10.1 Å².